The Morgan fingerprint density at radius 2 is 1.70 bits per heavy atom. The largest absolute Gasteiger partial charge is 0.270 e. The average molecular weight is 361 g/mol. The molecule has 1 saturated heterocycles. The molecule has 23 heavy (non-hydrogen) atoms. The molecule has 0 amide bonds. The molecule has 0 radical (unpaired) electrons. The normalized spacial score (nSPS) is 18.4. The van der Waals surface area contributed by atoms with Gasteiger partial charge in [0.05, 0.1) is 16.3 Å². The predicted octanol–water partition coefficient (Wildman–Crippen LogP) is 1.92. The van der Waals surface area contributed by atoms with Gasteiger partial charge in [0, 0.05) is 12.6 Å². The van der Waals surface area contributed by atoms with Crippen molar-refractivity contribution in [2.24, 2.45) is 0 Å². The Kier molecular flexibility index (Phi) is 5.08. The minimum atomic E-state index is -3.62. The van der Waals surface area contributed by atoms with Crippen LogP contribution in [0.5, 0.6) is 0 Å². The van der Waals surface area contributed by atoms with Gasteiger partial charge >= 0.3 is 0 Å². The van der Waals surface area contributed by atoms with Gasteiger partial charge in [-0.15, -0.1) is 0 Å². The van der Waals surface area contributed by atoms with Gasteiger partial charge in [0.15, 0.2) is 0 Å². The van der Waals surface area contributed by atoms with Crippen LogP contribution in [0, 0.1) is 13.8 Å². The number of nitrogens with zero attached hydrogens (tertiary/aromatic N) is 1. The molecule has 0 bridgehead atoms. The van der Waals surface area contributed by atoms with E-state index in [1.807, 2.05) is 0 Å². The van der Waals surface area contributed by atoms with Crippen molar-refractivity contribution in [3.63, 3.8) is 0 Å². The van der Waals surface area contributed by atoms with Crippen LogP contribution in [0.3, 0.4) is 0 Å². The average Bonchev–Trinajstić information content (AvgIpc) is 2.34. The summed E-state index contributed by atoms with van der Waals surface area (Å²) in [6.45, 7) is 7.36. The maximum atomic E-state index is 12.5. The zero-order valence-corrected chi connectivity index (χ0v) is 15.6. The molecular formula is C15H24N2O4S2. The van der Waals surface area contributed by atoms with E-state index in [0.29, 0.717) is 29.8 Å². The van der Waals surface area contributed by atoms with E-state index in [0.717, 1.165) is 6.42 Å². The van der Waals surface area contributed by atoms with Crippen molar-refractivity contribution in [2.45, 2.75) is 51.5 Å². The highest BCUT2D eigenvalue weighted by Crippen LogP contribution is 2.30. The van der Waals surface area contributed by atoms with Gasteiger partial charge < -0.3 is 0 Å². The molecule has 0 unspecified atom stereocenters. The van der Waals surface area contributed by atoms with Crippen molar-refractivity contribution in [2.75, 3.05) is 16.6 Å². The SMILES string of the molecule is Cc1cc(N2CCCCS2(=O)=O)cc(C)c1S(=O)(=O)NC(C)C. The highest BCUT2D eigenvalue weighted by atomic mass is 32.2. The lowest BCUT2D eigenvalue weighted by molar-refractivity contribution is 0.568. The predicted molar refractivity (Wildman–Crippen MR) is 91.7 cm³/mol. The first-order chi connectivity index (χ1) is 10.5. The number of rotatable bonds is 4. The second-order valence-electron chi connectivity index (χ2n) is 6.28. The van der Waals surface area contributed by atoms with E-state index in [-0.39, 0.29) is 16.7 Å². The van der Waals surface area contributed by atoms with Crippen LogP contribution < -0.4 is 9.03 Å². The summed E-state index contributed by atoms with van der Waals surface area (Å²) in [7, 11) is -6.92. The van der Waals surface area contributed by atoms with Gasteiger partial charge in [0.2, 0.25) is 20.0 Å². The monoisotopic (exact) mass is 360 g/mol. The van der Waals surface area contributed by atoms with Crippen molar-refractivity contribution in [3.05, 3.63) is 23.3 Å². The molecule has 2 rings (SSSR count). The first kappa shape index (κ1) is 18.2. The fourth-order valence-corrected chi connectivity index (χ4v) is 6.27. The third-order valence-electron chi connectivity index (χ3n) is 3.74. The van der Waals surface area contributed by atoms with Gasteiger partial charge in [-0.3, -0.25) is 4.31 Å². The van der Waals surface area contributed by atoms with E-state index in [9.17, 15) is 16.8 Å². The first-order valence-corrected chi connectivity index (χ1v) is 10.8. The number of anilines is 1. The molecule has 1 aliphatic heterocycles. The second-order valence-corrected chi connectivity index (χ2v) is 9.94. The van der Waals surface area contributed by atoms with E-state index in [4.69, 9.17) is 0 Å². The van der Waals surface area contributed by atoms with Gasteiger partial charge in [-0.05, 0) is 63.8 Å². The molecule has 8 heteroatoms. The zero-order valence-electron chi connectivity index (χ0n) is 14.0. The molecule has 0 spiro atoms. The third kappa shape index (κ3) is 3.87. The number of nitrogens with one attached hydrogen (secondary N) is 1. The van der Waals surface area contributed by atoms with Crippen molar-refractivity contribution >= 4 is 25.7 Å². The molecule has 0 saturated carbocycles. The summed E-state index contributed by atoms with van der Waals surface area (Å²) >= 11 is 0. The number of aryl methyl sites for hydroxylation is 2. The minimum absolute atomic E-state index is 0.139. The van der Waals surface area contributed by atoms with Gasteiger partial charge in [0.1, 0.15) is 0 Å². The molecule has 0 aliphatic carbocycles. The quantitative estimate of drug-likeness (QED) is 0.889. The van der Waals surface area contributed by atoms with E-state index in [1.165, 1.54) is 4.31 Å². The Labute approximate surface area is 139 Å². The molecule has 130 valence electrons. The van der Waals surface area contributed by atoms with E-state index < -0.39 is 20.0 Å². The van der Waals surface area contributed by atoms with Crippen LogP contribution in [0.15, 0.2) is 17.0 Å². The molecular weight excluding hydrogens is 336 g/mol. The van der Waals surface area contributed by atoms with Gasteiger partial charge in [-0.2, -0.15) is 0 Å². The van der Waals surface area contributed by atoms with Crippen LogP contribution in [-0.4, -0.2) is 35.2 Å². The van der Waals surface area contributed by atoms with Crippen LogP contribution in [0.2, 0.25) is 0 Å². The Morgan fingerprint density at radius 3 is 2.17 bits per heavy atom. The Bertz CT molecular complexity index is 776. The van der Waals surface area contributed by atoms with Crippen molar-refractivity contribution in [1.82, 2.24) is 4.72 Å². The molecule has 1 aliphatic rings. The van der Waals surface area contributed by atoms with Gasteiger partial charge in [0.25, 0.3) is 0 Å². The molecule has 0 aromatic heterocycles. The van der Waals surface area contributed by atoms with Crippen molar-refractivity contribution < 1.29 is 16.8 Å². The van der Waals surface area contributed by atoms with Gasteiger partial charge in [-0.25, -0.2) is 21.6 Å². The summed E-state index contributed by atoms with van der Waals surface area (Å²) in [5.41, 5.74) is 1.64. The summed E-state index contributed by atoms with van der Waals surface area (Å²) in [6.07, 6.45) is 1.48. The summed E-state index contributed by atoms with van der Waals surface area (Å²) in [6, 6.07) is 3.08. The molecule has 1 aromatic rings. The van der Waals surface area contributed by atoms with Crippen molar-refractivity contribution in [3.8, 4) is 0 Å². The van der Waals surface area contributed by atoms with Crippen LogP contribution in [0.25, 0.3) is 0 Å². The smallest absolute Gasteiger partial charge is 0.241 e. The molecule has 1 aromatic carbocycles. The third-order valence-corrected chi connectivity index (χ3v) is 7.57. The number of hydrogen-bond donors (Lipinski definition) is 1. The Morgan fingerprint density at radius 1 is 1.13 bits per heavy atom. The van der Waals surface area contributed by atoms with Gasteiger partial charge in [-0.1, -0.05) is 0 Å². The molecule has 1 fully saturated rings. The maximum absolute atomic E-state index is 12.5. The lowest BCUT2D eigenvalue weighted by Gasteiger charge is -2.29. The van der Waals surface area contributed by atoms with E-state index in [2.05, 4.69) is 4.72 Å². The standard InChI is InChI=1S/C15H24N2O4S2/c1-11(2)16-23(20,21)15-12(3)9-14(10-13(15)4)17-7-5-6-8-22(17,18)19/h9-11,16H,5-8H2,1-4H3. The number of sulfonamides is 2. The topological polar surface area (TPSA) is 83.6 Å². The Hall–Kier alpha value is -1.12. The lowest BCUT2D eigenvalue weighted by Crippen LogP contribution is -2.38. The zero-order chi connectivity index (χ0) is 17.4. The summed E-state index contributed by atoms with van der Waals surface area (Å²) < 4.78 is 53.3. The van der Waals surface area contributed by atoms with E-state index >= 15 is 0 Å². The molecule has 1 N–H and O–H groups in total. The van der Waals surface area contributed by atoms with Crippen LogP contribution >= 0.6 is 0 Å². The highest BCUT2D eigenvalue weighted by Gasteiger charge is 2.28. The number of benzene rings is 1. The Balaban J connectivity index is 2.50. The summed E-state index contributed by atoms with van der Waals surface area (Å²) in [5.74, 6) is 0.139. The van der Waals surface area contributed by atoms with E-state index in [1.54, 1.807) is 39.8 Å². The molecule has 1 heterocycles. The van der Waals surface area contributed by atoms with Crippen LogP contribution in [-0.2, 0) is 20.0 Å². The second kappa shape index (κ2) is 6.41. The fraction of sp³-hybridized carbons (Fsp3) is 0.600. The fourth-order valence-electron chi connectivity index (χ4n) is 2.94. The lowest BCUT2D eigenvalue weighted by atomic mass is 10.1. The molecule has 0 atom stereocenters. The maximum Gasteiger partial charge on any atom is 0.241 e. The van der Waals surface area contributed by atoms with Crippen LogP contribution in [0.4, 0.5) is 5.69 Å². The molecule has 6 nitrogen and oxygen atoms in total. The summed E-state index contributed by atoms with van der Waals surface area (Å²) in [4.78, 5) is 0.226. The summed E-state index contributed by atoms with van der Waals surface area (Å²) in [5, 5.41) is 0. The minimum Gasteiger partial charge on any atom is -0.270 e. The van der Waals surface area contributed by atoms with Crippen molar-refractivity contribution in [1.29, 1.82) is 0 Å². The highest BCUT2D eigenvalue weighted by molar-refractivity contribution is 7.92. The first-order valence-electron chi connectivity index (χ1n) is 7.68. The van der Waals surface area contributed by atoms with Crippen LogP contribution in [0.1, 0.15) is 37.8 Å². The number of hydrogen-bond acceptors (Lipinski definition) is 4.